The molecule has 0 aliphatic carbocycles. The minimum absolute atomic E-state index is 0.00591. The maximum absolute atomic E-state index is 11.0. The van der Waals surface area contributed by atoms with Gasteiger partial charge in [0.25, 0.3) is 0 Å². The summed E-state index contributed by atoms with van der Waals surface area (Å²) in [6.07, 6.45) is -4.66. The van der Waals surface area contributed by atoms with Gasteiger partial charge in [-0.1, -0.05) is 0 Å². The number of hydrogen-bond acceptors (Lipinski definition) is 6. The Morgan fingerprint density at radius 2 is 1.92 bits per heavy atom. The first-order chi connectivity index (χ1) is 6.04. The van der Waals surface area contributed by atoms with E-state index in [1.54, 1.807) is 0 Å². The molecule has 0 aromatic heterocycles. The van der Waals surface area contributed by atoms with E-state index in [2.05, 4.69) is 5.32 Å². The monoisotopic (exact) mass is 193 g/mol. The van der Waals surface area contributed by atoms with Crippen LogP contribution in [-0.4, -0.2) is 64.7 Å². The zero-order valence-electron chi connectivity index (χ0n) is 7.34. The average Bonchev–Trinajstić information content (AvgIpc) is 2.14. The van der Waals surface area contributed by atoms with Gasteiger partial charge < -0.3 is 25.7 Å². The molecule has 13 heavy (non-hydrogen) atoms. The Kier molecular flexibility index (Phi) is 5.76. The fraction of sp³-hybridized carbons (Fsp3) is 0.857. The molecule has 0 aromatic rings. The molecule has 0 spiro atoms. The zero-order chi connectivity index (χ0) is 10.4. The highest BCUT2D eigenvalue weighted by atomic mass is 16.4. The molecule has 0 amide bonds. The highest BCUT2D eigenvalue weighted by Gasteiger charge is 2.28. The van der Waals surface area contributed by atoms with E-state index < -0.39 is 30.7 Å². The number of carbonyl (C=O) groups is 1. The highest BCUT2D eigenvalue weighted by Crippen LogP contribution is 1.98. The highest BCUT2D eigenvalue weighted by molar-refractivity contribution is 5.87. The molecule has 0 saturated carbocycles. The van der Waals surface area contributed by atoms with Crippen molar-refractivity contribution in [1.29, 1.82) is 0 Å². The number of likely N-dealkylation sites (N-methyl/N-ethyl adjacent to an activating group) is 1. The number of aliphatic hydroxyl groups is 4. The molecule has 0 rings (SSSR count). The molecule has 0 aliphatic heterocycles. The van der Waals surface area contributed by atoms with Gasteiger partial charge in [-0.15, -0.1) is 0 Å². The predicted molar refractivity (Wildman–Crippen MR) is 44.0 cm³/mol. The molecule has 0 fully saturated rings. The summed E-state index contributed by atoms with van der Waals surface area (Å²) >= 11 is 0. The van der Waals surface area contributed by atoms with Gasteiger partial charge in [0.1, 0.15) is 18.3 Å². The van der Waals surface area contributed by atoms with Gasteiger partial charge in [0.2, 0.25) is 0 Å². The summed E-state index contributed by atoms with van der Waals surface area (Å²) in [4.78, 5) is 11.0. The average molecular weight is 193 g/mol. The molecule has 0 saturated heterocycles. The first kappa shape index (κ1) is 12.5. The smallest absolute Gasteiger partial charge is 0.193 e. The first-order valence-electron chi connectivity index (χ1n) is 3.88. The molecule has 6 nitrogen and oxygen atoms in total. The molecule has 0 aliphatic rings. The van der Waals surface area contributed by atoms with Crippen LogP contribution in [0.5, 0.6) is 0 Å². The lowest BCUT2D eigenvalue weighted by Gasteiger charge is -2.17. The van der Waals surface area contributed by atoms with E-state index in [1.807, 2.05) is 0 Å². The summed E-state index contributed by atoms with van der Waals surface area (Å²) in [5, 5.41) is 37.9. The summed E-state index contributed by atoms with van der Waals surface area (Å²) in [7, 11) is 1.53. The molecular formula is C7H15NO5. The van der Waals surface area contributed by atoms with Gasteiger partial charge in [-0.05, 0) is 7.05 Å². The number of ketones is 1. The lowest BCUT2D eigenvalue weighted by atomic mass is 10.1. The maximum Gasteiger partial charge on any atom is 0.193 e. The van der Waals surface area contributed by atoms with Crippen molar-refractivity contribution in [2.24, 2.45) is 0 Å². The minimum atomic E-state index is -1.74. The molecule has 5 N–H and O–H groups in total. The van der Waals surface area contributed by atoms with Crippen molar-refractivity contribution in [3.63, 3.8) is 0 Å². The molecular weight excluding hydrogens is 178 g/mol. The Labute approximate surface area is 75.8 Å². The van der Waals surface area contributed by atoms with Crippen molar-refractivity contribution in [3.05, 3.63) is 0 Å². The molecule has 6 heteroatoms. The van der Waals surface area contributed by atoms with Gasteiger partial charge in [0.05, 0.1) is 6.61 Å². The number of aliphatic hydroxyl groups excluding tert-OH is 4. The second-order valence-electron chi connectivity index (χ2n) is 2.67. The van der Waals surface area contributed by atoms with Crippen molar-refractivity contribution in [1.82, 2.24) is 5.32 Å². The molecule has 0 unspecified atom stereocenters. The summed E-state index contributed by atoms with van der Waals surface area (Å²) in [6.45, 7) is -0.729. The summed E-state index contributed by atoms with van der Waals surface area (Å²) in [5.74, 6) is -0.907. The third kappa shape index (κ3) is 3.79. The van der Waals surface area contributed by atoms with E-state index in [1.165, 1.54) is 7.05 Å². The molecule has 78 valence electrons. The van der Waals surface area contributed by atoms with Crippen molar-refractivity contribution in [2.45, 2.75) is 18.3 Å². The van der Waals surface area contributed by atoms with Gasteiger partial charge in [-0.3, -0.25) is 4.79 Å². The summed E-state index contributed by atoms with van der Waals surface area (Å²) in [6, 6.07) is 0. The Hall–Kier alpha value is -0.530. The third-order valence-corrected chi connectivity index (χ3v) is 1.57. The zero-order valence-corrected chi connectivity index (χ0v) is 7.34. The largest absolute Gasteiger partial charge is 0.394 e. The Morgan fingerprint density at radius 1 is 1.38 bits per heavy atom. The van der Waals surface area contributed by atoms with Gasteiger partial charge in [0, 0.05) is 6.54 Å². The van der Waals surface area contributed by atoms with Crippen LogP contribution in [0.25, 0.3) is 0 Å². The van der Waals surface area contributed by atoms with Gasteiger partial charge in [-0.2, -0.15) is 0 Å². The van der Waals surface area contributed by atoms with Crippen molar-refractivity contribution in [2.75, 3.05) is 20.2 Å². The van der Waals surface area contributed by atoms with Crippen LogP contribution in [0.15, 0.2) is 0 Å². The van der Waals surface area contributed by atoms with Crippen molar-refractivity contribution >= 4 is 5.78 Å². The van der Waals surface area contributed by atoms with E-state index >= 15 is 0 Å². The minimum Gasteiger partial charge on any atom is -0.394 e. The van der Waals surface area contributed by atoms with Gasteiger partial charge >= 0.3 is 0 Å². The number of nitrogens with one attached hydrogen (secondary N) is 1. The second-order valence-corrected chi connectivity index (χ2v) is 2.67. The first-order valence-corrected chi connectivity index (χ1v) is 3.88. The Bertz CT molecular complexity index is 163. The van der Waals surface area contributed by atoms with Crippen LogP contribution >= 0.6 is 0 Å². The molecule has 0 radical (unpaired) electrons. The number of hydrogen-bond donors (Lipinski definition) is 5. The summed E-state index contributed by atoms with van der Waals surface area (Å²) in [5.41, 5.74) is 0. The second kappa shape index (κ2) is 6.01. The molecule has 0 heterocycles. The molecule has 0 bridgehead atoms. The topological polar surface area (TPSA) is 110 Å². The molecule has 3 atom stereocenters. The van der Waals surface area contributed by atoms with Crippen LogP contribution in [-0.2, 0) is 4.79 Å². The van der Waals surface area contributed by atoms with Crippen LogP contribution in [0.4, 0.5) is 0 Å². The quantitative estimate of drug-likeness (QED) is 0.305. The molecule has 0 aromatic carbocycles. The SMILES string of the molecule is CNC[C@@H](O)C(=O)[C@H](O)[C@@H](O)CO. The van der Waals surface area contributed by atoms with Crippen LogP contribution in [0.3, 0.4) is 0 Å². The van der Waals surface area contributed by atoms with E-state index in [0.29, 0.717) is 0 Å². The summed E-state index contributed by atoms with van der Waals surface area (Å²) < 4.78 is 0. The van der Waals surface area contributed by atoms with E-state index in [0.717, 1.165) is 0 Å². The number of Topliss-reactive ketones (excluding diaryl/α,β-unsaturated/α-hetero) is 1. The standard InChI is InChI=1S/C7H15NO5/c1-8-2-4(10)6(12)7(13)5(11)3-9/h4-5,7-11,13H,2-3H2,1H3/t4-,5+,7-/m1/s1. The third-order valence-electron chi connectivity index (χ3n) is 1.57. The lowest BCUT2D eigenvalue weighted by molar-refractivity contribution is -0.142. The van der Waals surface area contributed by atoms with Crippen LogP contribution in [0.2, 0.25) is 0 Å². The van der Waals surface area contributed by atoms with Crippen molar-refractivity contribution in [3.8, 4) is 0 Å². The lowest BCUT2D eigenvalue weighted by Crippen LogP contribution is -2.45. The van der Waals surface area contributed by atoms with E-state index in [-0.39, 0.29) is 6.54 Å². The van der Waals surface area contributed by atoms with Crippen LogP contribution < -0.4 is 5.32 Å². The van der Waals surface area contributed by atoms with E-state index in [4.69, 9.17) is 20.4 Å². The van der Waals surface area contributed by atoms with E-state index in [9.17, 15) is 4.79 Å². The normalized spacial score (nSPS) is 17.9. The fourth-order valence-electron chi connectivity index (χ4n) is 0.781. The Balaban J connectivity index is 4.08. The Morgan fingerprint density at radius 3 is 2.31 bits per heavy atom. The fourth-order valence-corrected chi connectivity index (χ4v) is 0.781. The van der Waals surface area contributed by atoms with Crippen molar-refractivity contribution < 1.29 is 25.2 Å². The predicted octanol–water partition coefficient (Wildman–Crippen LogP) is -3.15. The van der Waals surface area contributed by atoms with Gasteiger partial charge in [-0.25, -0.2) is 0 Å². The van der Waals surface area contributed by atoms with Crippen LogP contribution in [0, 0.1) is 0 Å². The van der Waals surface area contributed by atoms with Gasteiger partial charge in [0.15, 0.2) is 5.78 Å². The number of rotatable bonds is 6. The number of carbonyl (C=O) groups excluding carboxylic acids is 1. The maximum atomic E-state index is 11.0. The van der Waals surface area contributed by atoms with Crippen LogP contribution in [0.1, 0.15) is 0 Å².